The third-order valence-corrected chi connectivity index (χ3v) is 6.06. The average molecular weight is 344 g/mol. The number of nitrogens with one attached hydrogen (secondary N) is 1. The van der Waals surface area contributed by atoms with Crippen molar-refractivity contribution in [3.63, 3.8) is 0 Å². The van der Waals surface area contributed by atoms with Gasteiger partial charge in [0.2, 0.25) is 0 Å². The van der Waals surface area contributed by atoms with Gasteiger partial charge in [0.15, 0.2) is 5.13 Å². The van der Waals surface area contributed by atoms with E-state index in [1.54, 1.807) is 0 Å². The number of aromatic nitrogens is 1. The van der Waals surface area contributed by atoms with Crippen LogP contribution in [0.4, 0.5) is 13.9 Å². The van der Waals surface area contributed by atoms with Crippen molar-refractivity contribution in [3.05, 3.63) is 40.4 Å². The van der Waals surface area contributed by atoms with Crippen LogP contribution >= 0.6 is 11.3 Å². The summed E-state index contributed by atoms with van der Waals surface area (Å²) in [5.41, 5.74) is 0.903. The number of fused-ring (bicyclic) bond motifs is 1. The molecule has 0 unspecified atom stereocenters. The molecule has 22 heavy (non-hydrogen) atoms. The van der Waals surface area contributed by atoms with Crippen LogP contribution in [0.5, 0.6) is 0 Å². The first-order chi connectivity index (χ1) is 10.5. The predicted molar refractivity (Wildman–Crippen MR) is 80.5 cm³/mol. The van der Waals surface area contributed by atoms with Gasteiger partial charge in [-0.3, -0.25) is 4.72 Å². The Kier molecular flexibility index (Phi) is 4.14. The van der Waals surface area contributed by atoms with E-state index < -0.39 is 26.6 Å². The van der Waals surface area contributed by atoms with Crippen LogP contribution in [-0.2, 0) is 22.9 Å². The molecule has 0 aliphatic heterocycles. The van der Waals surface area contributed by atoms with E-state index in [0.29, 0.717) is 6.07 Å². The molecular weight excluding hydrogens is 330 g/mol. The second kappa shape index (κ2) is 5.92. The van der Waals surface area contributed by atoms with Crippen LogP contribution in [0, 0.1) is 11.6 Å². The molecule has 2 aromatic rings. The first-order valence-corrected chi connectivity index (χ1v) is 9.22. The quantitative estimate of drug-likeness (QED) is 0.867. The number of benzene rings is 1. The number of aryl methyl sites for hydroxylation is 2. The van der Waals surface area contributed by atoms with E-state index in [1.807, 2.05) is 0 Å². The number of thiazole rings is 1. The molecule has 0 saturated heterocycles. The highest BCUT2D eigenvalue weighted by Gasteiger charge is 2.23. The Morgan fingerprint density at radius 3 is 2.73 bits per heavy atom. The second-order valence-electron chi connectivity index (χ2n) is 5.13. The minimum atomic E-state index is -4.19. The molecule has 0 atom stereocenters. The Balaban J connectivity index is 1.90. The van der Waals surface area contributed by atoms with Gasteiger partial charge in [0.05, 0.1) is 5.69 Å². The van der Waals surface area contributed by atoms with Gasteiger partial charge in [-0.25, -0.2) is 22.2 Å². The highest BCUT2D eigenvalue weighted by atomic mass is 32.2. The average Bonchev–Trinajstić information content (AvgIpc) is 2.69. The zero-order valence-electron chi connectivity index (χ0n) is 11.6. The summed E-state index contributed by atoms with van der Waals surface area (Å²) in [5, 5.41) is 0.204. The topological polar surface area (TPSA) is 59.1 Å². The second-order valence-corrected chi connectivity index (χ2v) is 7.86. The summed E-state index contributed by atoms with van der Waals surface area (Å²) in [6.07, 6.45) is 4.92. The van der Waals surface area contributed by atoms with Crippen LogP contribution in [0.15, 0.2) is 23.1 Å². The molecule has 4 nitrogen and oxygen atoms in total. The van der Waals surface area contributed by atoms with Gasteiger partial charge >= 0.3 is 0 Å². The van der Waals surface area contributed by atoms with E-state index in [2.05, 4.69) is 9.71 Å². The maximum atomic E-state index is 13.6. The maximum Gasteiger partial charge on any atom is 0.266 e. The van der Waals surface area contributed by atoms with Crippen molar-refractivity contribution >= 4 is 26.5 Å². The summed E-state index contributed by atoms with van der Waals surface area (Å²) in [6, 6.07) is 2.33. The fourth-order valence-electron chi connectivity index (χ4n) is 2.43. The molecule has 0 radical (unpaired) electrons. The largest absolute Gasteiger partial charge is 0.266 e. The first-order valence-electron chi connectivity index (χ1n) is 6.92. The van der Waals surface area contributed by atoms with Crippen LogP contribution in [-0.4, -0.2) is 13.4 Å². The van der Waals surface area contributed by atoms with Gasteiger partial charge in [-0.05, 0) is 43.9 Å². The fourth-order valence-corrected chi connectivity index (χ4v) is 4.80. The van der Waals surface area contributed by atoms with Crippen molar-refractivity contribution in [2.45, 2.75) is 37.0 Å². The normalized spacial score (nSPS) is 15.2. The van der Waals surface area contributed by atoms with E-state index in [0.717, 1.165) is 54.8 Å². The minimum absolute atomic E-state index is 0.204. The SMILES string of the molecule is O=S(=O)(Nc1nc2c(s1)CCCCC2)c1cc(F)ccc1F. The molecule has 1 aliphatic rings. The van der Waals surface area contributed by atoms with E-state index in [4.69, 9.17) is 0 Å². The van der Waals surface area contributed by atoms with Gasteiger partial charge in [-0.15, -0.1) is 11.3 Å². The van der Waals surface area contributed by atoms with Crippen molar-refractivity contribution in [2.24, 2.45) is 0 Å². The summed E-state index contributed by atoms with van der Waals surface area (Å²) in [6.45, 7) is 0. The number of anilines is 1. The zero-order valence-corrected chi connectivity index (χ0v) is 13.2. The lowest BCUT2D eigenvalue weighted by molar-refractivity contribution is 0.555. The monoisotopic (exact) mass is 344 g/mol. The summed E-state index contributed by atoms with van der Waals surface area (Å²) in [4.78, 5) is 4.64. The van der Waals surface area contributed by atoms with Gasteiger partial charge in [0.1, 0.15) is 16.5 Å². The molecule has 0 bridgehead atoms. The molecule has 0 saturated carbocycles. The van der Waals surface area contributed by atoms with Crippen molar-refractivity contribution in [1.29, 1.82) is 0 Å². The maximum absolute atomic E-state index is 13.6. The van der Waals surface area contributed by atoms with Crippen molar-refractivity contribution in [1.82, 2.24) is 4.98 Å². The summed E-state index contributed by atoms with van der Waals surface area (Å²) < 4.78 is 53.5. The Hall–Kier alpha value is -1.54. The molecule has 0 fully saturated rings. The number of hydrogen-bond donors (Lipinski definition) is 1. The molecular formula is C14H14F2N2O2S2. The third kappa shape index (κ3) is 3.12. The van der Waals surface area contributed by atoms with Gasteiger partial charge in [-0.2, -0.15) is 0 Å². The molecule has 1 heterocycles. The number of sulfonamides is 1. The minimum Gasteiger partial charge on any atom is -0.255 e. The van der Waals surface area contributed by atoms with Crippen LogP contribution in [0.2, 0.25) is 0 Å². The van der Waals surface area contributed by atoms with Crippen LogP contribution in [0.1, 0.15) is 29.8 Å². The number of nitrogens with zero attached hydrogens (tertiary/aromatic N) is 1. The van der Waals surface area contributed by atoms with Crippen LogP contribution < -0.4 is 4.72 Å². The predicted octanol–water partition coefficient (Wildman–Crippen LogP) is 3.49. The van der Waals surface area contributed by atoms with Crippen molar-refractivity contribution < 1.29 is 17.2 Å². The smallest absolute Gasteiger partial charge is 0.255 e. The Morgan fingerprint density at radius 2 is 1.91 bits per heavy atom. The van der Waals surface area contributed by atoms with Gasteiger partial charge < -0.3 is 0 Å². The summed E-state index contributed by atoms with van der Waals surface area (Å²) in [7, 11) is -4.19. The van der Waals surface area contributed by atoms with Gasteiger partial charge in [-0.1, -0.05) is 6.42 Å². The van der Waals surface area contributed by atoms with Crippen molar-refractivity contribution in [2.75, 3.05) is 4.72 Å². The lowest BCUT2D eigenvalue weighted by Gasteiger charge is -2.06. The standard InChI is InChI=1S/C14H14F2N2O2S2/c15-9-6-7-10(16)13(8-9)22(19,20)18-14-17-11-4-2-1-3-5-12(11)21-14/h6-8H,1-5H2,(H,17,18). The molecule has 8 heteroatoms. The van der Waals surface area contributed by atoms with Gasteiger partial charge in [0.25, 0.3) is 10.0 Å². The summed E-state index contributed by atoms with van der Waals surface area (Å²) in [5.74, 6) is -1.80. The number of hydrogen-bond acceptors (Lipinski definition) is 4. The lowest BCUT2D eigenvalue weighted by Crippen LogP contribution is -2.14. The van der Waals surface area contributed by atoms with E-state index in [1.165, 1.54) is 11.3 Å². The third-order valence-electron chi connectivity index (χ3n) is 3.50. The molecule has 1 aliphatic carbocycles. The zero-order chi connectivity index (χ0) is 15.7. The molecule has 0 spiro atoms. The van der Waals surface area contributed by atoms with E-state index >= 15 is 0 Å². The van der Waals surface area contributed by atoms with Crippen molar-refractivity contribution in [3.8, 4) is 0 Å². The fraction of sp³-hybridized carbons (Fsp3) is 0.357. The molecule has 1 aromatic heterocycles. The van der Waals surface area contributed by atoms with Crippen LogP contribution in [0.3, 0.4) is 0 Å². The van der Waals surface area contributed by atoms with Gasteiger partial charge in [0, 0.05) is 4.88 Å². The lowest BCUT2D eigenvalue weighted by atomic mass is 10.2. The van der Waals surface area contributed by atoms with E-state index in [-0.39, 0.29) is 5.13 Å². The molecule has 0 amide bonds. The van der Waals surface area contributed by atoms with Crippen LogP contribution in [0.25, 0.3) is 0 Å². The molecule has 3 rings (SSSR count). The Labute approximate surface area is 131 Å². The van der Waals surface area contributed by atoms with E-state index in [9.17, 15) is 17.2 Å². The molecule has 1 N–H and O–H groups in total. The number of halogens is 2. The highest BCUT2D eigenvalue weighted by molar-refractivity contribution is 7.93. The number of rotatable bonds is 3. The Morgan fingerprint density at radius 1 is 1.14 bits per heavy atom. The molecule has 118 valence electrons. The highest BCUT2D eigenvalue weighted by Crippen LogP contribution is 2.30. The molecule has 1 aromatic carbocycles. The Bertz CT molecular complexity index is 780. The summed E-state index contributed by atoms with van der Waals surface area (Å²) >= 11 is 1.26. The first kappa shape index (κ1) is 15.4.